The minimum absolute atomic E-state index is 0.722. The molecule has 2 rings (SSSR count). The summed E-state index contributed by atoms with van der Waals surface area (Å²) in [6.07, 6.45) is 15.0. The Labute approximate surface area is 203 Å². The van der Waals surface area contributed by atoms with Crippen molar-refractivity contribution in [2.75, 3.05) is 0 Å². The first-order valence-corrected chi connectivity index (χ1v) is 14.9. The standard InChI is InChI=1S/C32H60/c1-11-21(7)29-17-19-31(29)27(15-5)24(10)28(16-6)32-20-18-30(32)23(9)26(14-4)22(8)25(12-2)13-3/h16,21-32H,6,11-15,17-20H2,1-5,7-10H3. The van der Waals surface area contributed by atoms with Crippen LogP contribution >= 0.6 is 0 Å². The van der Waals surface area contributed by atoms with E-state index in [-0.39, 0.29) is 0 Å². The lowest BCUT2D eigenvalue weighted by Gasteiger charge is -2.53. The minimum atomic E-state index is 0.722. The predicted octanol–water partition coefficient (Wildman–Crippen LogP) is 10.3. The van der Waals surface area contributed by atoms with Crippen molar-refractivity contribution >= 4 is 0 Å². The summed E-state index contributed by atoms with van der Waals surface area (Å²) >= 11 is 0. The Bertz CT molecular complexity index is 530. The summed E-state index contributed by atoms with van der Waals surface area (Å²) in [7, 11) is 0. The van der Waals surface area contributed by atoms with E-state index in [4.69, 9.17) is 0 Å². The molecule has 32 heavy (non-hydrogen) atoms. The van der Waals surface area contributed by atoms with Gasteiger partial charge < -0.3 is 0 Å². The van der Waals surface area contributed by atoms with Crippen molar-refractivity contribution in [3.05, 3.63) is 12.7 Å². The van der Waals surface area contributed by atoms with E-state index < -0.39 is 0 Å². The van der Waals surface area contributed by atoms with E-state index in [1.165, 1.54) is 57.8 Å². The third kappa shape index (κ3) is 5.68. The van der Waals surface area contributed by atoms with Crippen LogP contribution in [0.3, 0.4) is 0 Å². The molecule has 0 saturated heterocycles. The van der Waals surface area contributed by atoms with Crippen LogP contribution in [0.2, 0.25) is 0 Å². The van der Waals surface area contributed by atoms with E-state index in [1.807, 2.05) is 0 Å². The normalized spacial score (nSPS) is 32.2. The summed E-state index contributed by atoms with van der Waals surface area (Å²) in [5.74, 6) is 10.6. The van der Waals surface area contributed by atoms with Gasteiger partial charge in [0.25, 0.3) is 0 Å². The van der Waals surface area contributed by atoms with Crippen LogP contribution in [-0.2, 0) is 0 Å². The van der Waals surface area contributed by atoms with Crippen LogP contribution in [0.5, 0.6) is 0 Å². The Morgan fingerprint density at radius 2 is 1.22 bits per heavy atom. The molecule has 0 amide bonds. The molecule has 0 N–H and O–H groups in total. The van der Waals surface area contributed by atoms with Gasteiger partial charge in [0.1, 0.15) is 0 Å². The second kappa shape index (κ2) is 13.0. The van der Waals surface area contributed by atoms with Crippen LogP contribution < -0.4 is 0 Å². The van der Waals surface area contributed by atoms with Crippen molar-refractivity contribution in [2.45, 2.75) is 120 Å². The highest BCUT2D eigenvalue weighted by atomic mass is 14.5. The first-order valence-electron chi connectivity index (χ1n) is 14.9. The second-order valence-electron chi connectivity index (χ2n) is 12.3. The van der Waals surface area contributed by atoms with Gasteiger partial charge in [0.2, 0.25) is 0 Å². The highest BCUT2D eigenvalue weighted by Gasteiger charge is 2.47. The molecule has 0 nitrogen and oxygen atoms in total. The first-order chi connectivity index (χ1) is 15.3. The van der Waals surface area contributed by atoms with E-state index in [2.05, 4.69) is 75.0 Å². The van der Waals surface area contributed by atoms with E-state index in [0.29, 0.717) is 0 Å². The van der Waals surface area contributed by atoms with Crippen LogP contribution in [0.25, 0.3) is 0 Å². The van der Waals surface area contributed by atoms with Crippen LogP contribution in [0.1, 0.15) is 120 Å². The van der Waals surface area contributed by atoms with Gasteiger partial charge in [-0.25, -0.2) is 0 Å². The van der Waals surface area contributed by atoms with E-state index >= 15 is 0 Å². The average molecular weight is 445 g/mol. The maximum absolute atomic E-state index is 4.42. The van der Waals surface area contributed by atoms with Crippen molar-refractivity contribution in [1.82, 2.24) is 0 Å². The zero-order valence-electron chi connectivity index (χ0n) is 23.6. The lowest BCUT2D eigenvalue weighted by molar-refractivity contribution is -0.0270. The molecular formula is C32H60. The molecule has 188 valence electrons. The van der Waals surface area contributed by atoms with Gasteiger partial charge in [-0.2, -0.15) is 0 Å². The van der Waals surface area contributed by atoms with Gasteiger partial charge in [0.05, 0.1) is 0 Å². The quantitative estimate of drug-likeness (QED) is 0.220. The molecule has 0 heterocycles. The molecule has 2 fully saturated rings. The number of allylic oxidation sites excluding steroid dienone is 1. The molecule has 2 aliphatic carbocycles. The Morgan fingerprint density at radius 1 is 0.656 bits per heavy atom. The molecule has 11 unspecified atom stereocenters. The molecule has 0 aliphatic heterocycles. The Kier molecular flexibility index (Phi) is 11.4. The fourth-order valence-electron chi connectivity index (χ4n) is 8.83. The molecule has 0 spiro atoms. The smallest absolute Gasteiger partial charge is 0.0177 e. The van der Waals surface area contributed by atoms with Crippen molar-refractivity contribution in [2.24, 2.45) is 71.0 Å². The summed E-state index contributed by atoms with van der Waals surface area (Å²) in [5, 5.41) is 0. The molecular weight excluding hydrogens is 384 g/mol. The lowest BCUT2D eigenvalue weighted by Crippen LogP contribution is -2.45. The molecule has 0 radical (unpaired) electrons. The highest BCUT2D eigenvalue weighted by Crippen LogP contribution is 2.55. The first kappa shape index (κ1) is 28.0. The Hall–Kier alpha value is -0.260. The van der Waals surface area contributed by atoms with Gasteiger partial charge in [-0.1, -0.05) is 100 Å². The molecule has 0 aromatic carbocycles. The van der Waals surface area contributed by atoms with E-state index in [0.717, 1.165) is 71.0 Å². The summed E-state index contributed by atoms with van der Waals surface area (Å²) < 4.78 is 0. The van der Waals surface area contributed by atoms with E-state index in [9.17, 15) is 0 Å². The fraction of sp³-hybridized carbons (Fsp3) is 0.938. The second-order valence-corrected chi connectivity index (χ2v) is 12.3. The molecule has 0 aromatic rings. The number of hydrogen-bond acceptors (Lipinski definition) is 0. The van der Waals surface area contributed by atoms with Gasteiger partial charge in [-0.3, -0.25) is 0 Å². The van der Waals surface area contributed by atoms with Crippen molar-refractivity contribution < 1.29 is 0 Å². The zero-order valence-corrected chi connectivity index (χ0v) is 23.6. The van der Waals surface area contributed by atoms with Gasteiger partial charge in [-0.05, 0) is 96.7 Å². The molecule has 0 heteroatoms. The van der Waals surface area contributed by atoms with Gasteiger partial charge in [-0.15, -0.1) is 6.58 Å². The van der Waals surface area contributed by atoms with Crippen molar-refractivity contribution in [3.8, 4) is 0 Å². The van der Waals surface area contributed by atoms with E-state index in [1.54, 1.807) is 0 Å². The van der Waals surface area contributed by atoms with Crippen LogP contribution in [0.4, 0.5) is 0 Å². The largest absolute Gasteiger partial charge is 0.103 e. The highest BCUT2D eigenvalue weighted by molar-refractivity contribution is 5.01. The summed E-state index contributed by atoms with van der Waals surface area (Å²) in [5.41, 5.74) is 0. The molecule has 11 atom stereocenters. The summed E-state index contributed by atoms with van der Waals surface area (Å²) in [6.45, 7) is 26.9. The average Bonchev–Trinajstić information content (AvgIpc) is 2.74. The van der Waals surface area contributed by atoms with Crippen molar-refractivity contribution in [1.29, 1.82) is 0 Å². The third-order valence-corrected chi connectivity index (χ3v) is 11.5. The molecule has 2 saturated carbocycles. The number of hydrogen-bond donors (Lipinski definition) is 0. The van der Waals surface area contributed by atoms with Crippen LogP contribution in [0.15, 0.2) is 12.7 Å². The Morgan fingerprint density at radius 3 is 1.59 bits per heavy atom. The molecule has 0 bridgehead atoms. The van der Waals surface area contributed by atoms with Gasteiger partial charge in [0, 0.05) is 0 Å². The minimum Gasteiger partial charge on any atom is -0.103 e. The van der Waals surface area contributed by atoms with Crippen LogP contribution in [0, 0.1) is 71.0 Å². The predicted molar refractivity (Wildman–Crippen MR) is 145 cm³/mol. The van der Waals surface area contributed by atoms with Crippen molar-refractivity contribution in [3.63, 3.8) is 0 Å². The molecule has 2 aliphatic rings. The summed E-state index contributed by atoms with van der Waals surface area (Å²) in [4.78, 5) is 0. The lowest BCUT2D eigenvalue weighted by atomic mass is 9.52. The summed E-state index contributed by atoms with van der Waals surface area (Å²) in [6, 6.07) is 0. The Balaban J connectivity index is 2.12. The van der Waals surface area contributed by atoms with Gasteiger partial charge >= 0.3 is 0 Å². The van der Waals surface area contributed by atoms with Gasteiger partial charge in [0.15, 0.2) is 0 Å². The third-order valence-electron chi connectivity index (χ3n) is 11.5. The van der Waals surface area contributed by atoms with Crippen LogP contribution in [-0.4, -0.2) is 0 Å². The maximum atomic E-state index is 4.42. The zero-order chi connectivity index (χ0) is 24.0. The molecule has 0 aromatic heterocycles. The fourth-order valence-corrected chi connectivity index (χ4v) is 8.83. The monoisotopic (exact) mass is 444 g/mol. The number of rotatable bonds is 15. The SMILES string of the molecule is C=CC(C(C)C(CC)C1CCC1C(C)CC)C1CCC1C(C)C(CC)C(C)C(CC)CC. The topological polar surface area (TPSA) is 0 Å². The maximum Gasteiger partial charge on any atom is -0.0177 e.